The molecular formula is C11H11ClO4. The molecule has 0 aliphatic rings. The molecule has 0 aliphatic heterocycles. The van der Waals surface area contributed by atoms with Crippen molar-refractivity contribution in [3.8, 4) is 5.75 Å². The number of carbonyl (C=O) groups is 1. The number of carboxylic acid groups (broad SMARTS) is 1. The third-order valence-corrected chi connectivity index (χ3v) is 2.30. The second-order valence-corrected chi connectivity index (χ2v) is 3.42. The van der Waals surface area contributed by atoms with E-state index in [0.29, 0.717) is 16.3 Å². The van der Waals surface area contributed by atoms with Gasteiger partial charge in [-0.05, 0) is 29.3 Å². The number of aliphatic carboxylic acids is 1. The molecular weight excluding hydrogens is 232 g/mol. The van der Waals surface area contributed by atoms with Gasteiger partial charge >= 0.3 is 5.97 Å². The summed E-state index contributed by atoms with van der Waals surface area (Å²) in [5, 5.41) is 18.0. The summed E-state index contributed by atoms with van der Waals surface area (Å²) in [6, 6.07) is 4.81. The Balaban J connectivity index is 3.16. The van der Waals surface area contributed by atoms with Gasteiger partial charge in [-0.3, -0.25) is 0 Å². The molecule has 86 valence electrons. The third-order valence-electron chi connectivity index (χ3n) is 1.99. The first-order valence-corrected chi connectivity index (χ1v) is 4.84. The van der Waals surface area contributed by atoms with Crippen LogP contribution >= 0.6 is 11.6 Å². The van der Waals surface area contributed by atoms with Gasteiger partial charge in [-0.15, -0.1) is 0 Å². The molecule has 0 amide bonds. The van der Waals surface area contributed by atoms with Gasteiger partial charge in [0.15, 0.2) is 0 Å². The topological polar surface area (TPSA) is 66.8 Å². The van der Waals surface area contributed by atoms with Gasteiger partial charge in [0.2, 0.25) is 0 Å². The van der Waals surface area contributed by atoms with Gasteiger partial charge in [-0.1, -0.05) is 11.6 Å². The van der Waals surface area contributed by atoms with Gasteiger partial charge in [0.05, 0.1) is 18.7 Å². The van der Waals surface area contributed by atoms with E-state index in [2.05, 4.69) is 0 Å². The Bertz CT molecular complexity index is 426. The number of carboxylic acids is 1. The molecule has 0 fully saturated rings. The van der Waals surface area contributed by atoms with Crippen molar-refractivity contribution in [2.24, 2.45) is 0 Å². The average molecular weight is 243 g/mol. The molecule has 0 unspecified atom stereocenters. The molecule has 4 nitrogen and oxygen atoms in total. The molecule has 0 radical (unpaired) electrons. The van der Waals surface area contributed by atoms with Crippen molar-refractivity contribution in [2.45, 2.75) is 0 Å². The Morgan fingerprint density at radius 2 is 2.25 bits per heavy atom. The lowest BCUT2D eigenvalue weighted by molar-refractivity contribution is -0.131. The fraction of sp³-hybridized carbons (Fsp3) is 0.182. The lowest BCUT2D eigenvalue weighted by atomic mass is 10.1. The number of ether oxygens (including phenoxy) is 1. The number of methoxy groups -OCH3 is 1. The van der Waals surface area contributed by atoms with Crippen LogP contribution in [0.5, 0.6) is 5.75 Å². The normalized spacial score (nSPS) is 11.3. The molecule has 0 aliphatic carbocycles. The average Bonchev–Trinajstić information content (AvgIpc) is 2.25. The molecule has 0 spiro atoms. The molecule has 5 heteroatoms. The van der Waals surface area contributed by atoms with E-state index in [0.717, 1.165) is 6.08 Å². The van der Waals surface area contributed by atoms with Crippen molar-refractivity contribution < 1.29 is 19.7 Å². The lowest BCUT2D eigenvalue weighted by Crippen LogP contribution is -1.97. The SMILES string of the molecule is COc1ccc(/C(=C/C(=O)O)CO)c(Cl)c1. The predicted molar refractivity (Wildman–Crippen MR) is 60.7 cm³/mol. The van der Waals surface area contributed by atoms with Gasteiger partial charge in [0.25, 0.3) is 0 Å². The monoisotopic (exact) mass is 242 g/mol. The van der Waals surface area contributed by atoms with Crippen LogP contribution in [0.1, 0.15) is 5.56 Å². The number of benzene rings is 1. The minimum atomic E-state index is -1.13. The maximum atomic E-state index is 10.5. The highest BCUT2D eigenvalue weighted by molar-refractivity contribution is 6.32. The zero-order valence-electron chi connectivity index (χ0n) is 8.61. The summed E-state index contributed by atoms with van der Waals surface area (Å²) >= 11 is 5.94. The number of halogens is 1. The van der Waals surface area contributed by atoms with Crippen molar-refractivity contribution >= 4 is 23.1 Å². The summed E-state index contributed by atoms with van der Waals surface area (Å²) in [4.78, 5) is 10.5. The summed E-state index contributed by atoms with van der Waals surface area (Å²) in [6.45, 7) is -0.391. The smallest absolute Gasteiger partial charge is 0.328 e. The highest BCUT2D eigenvalue weighted by Crippen LogP contribution is 2.27. The van der Waals surface area contributed by atoms with Crippen LogP contribution in [0.25, 0.3) is 5.57 Å². The molecule has 2 N–H and O–H groups in total. The number of rotatable bonds is 4. The maximum Gasteiger partial charge on any atom is 0.328 e. The van der Waals surface area contributed by atoms with Crippen LogP contribution in [0.15, 0.2) is 24.3 Å². The van der Waals surface area contributed by atoms with Gasteiger partial charge in [0, 0.05) is 6.08 Å². The second-order valence-electron chi connectivity index (χ2n) is 3.01. The fourth-order valence-electron chi connectivity index (χ4n) is 1.24. The first-order chi connectivity index (χ1) is 7.58. The molecule has 0 aromatic heterocycles. The largest absolute Gasteiger partial charge is 0.497 e. The summed E-state index contributed by atoms with van der Waals surface area (Å²) in [6.07, 6.45) is 0.924. The van der Waals surface area contributed by atoms with Gasteiger partial charge < -0.3 is 14.9 Å². The molecule has 1 aromatic carbocycles. The Morgan fingerprint density at radius 1 is 1.56 bits per heavy atom. The van der Waals surface area contributed by atoms with Crippen LogP contribution in [0.2, 0.25) is 5.02 Å². The number of aliphatic hydroxyl groups is 1. The van der Waals surface area contributed by atoms with E-state index in [1.54, 1.807) is 18.2 Å². The van der Waals surface area contributed by atoms with Crippen molar-refractivity contribution in [2.75, 3.05) is 13.7 Å². The third kappa shape index (κ3) is 2.98. The van der Waals surface area contributed by atoms with Gasteiger partial charge in [-0.2, -0.15) is 0 Å². The first kappa shape index (κ1) is 12.5. The highest BCUT2D eigenvalue weighted by Gasteiger charge is 2.08. The molecule has 0 bridgehead atoms. The zero-order valence-corrected chi connectivity index (χ0v) is 9.36. The molecule has 0 heterocycles. The van der Waals surface area contributed by atoms with E-state index in [9.17, 15) is 4.79 Å². The van der Waals surface area contributed by atoms with Crippen LogP contribution in [0.3, 0.4) is 0 Å². The summed E-state index contributed by atoms with van der Waals surface area (Å²) in [5.74, 6) is -0.558. The maximum absolute atomic E-state index is 10.5. The summed E-state index contributed by atoms with van der Waals surface area (Å²) < 4.78 is 4.96. The quantitative estimate of drug-likeness (QED) is 0.791. The van der Waals surface area contributed by atoms with E-state index < -0.39 is 12.6 Å². The van der Waals surface area contributed by atoms with E-state index in [4.69, 9.17) is 26.6 Å². The van der Waals surface area contributed by atoms with E-state index in [1.165, 1.54) is 7.11 Å². The lowest BCUT2D eigenvalue weighted by Gasteiger charge is -2.08. The van der Waals surface area contributed by atoms with Crippen molar-refractivity contribution in [1.29, 1.82) is 0 Å². The van der Waals surface area contributed by atoms with Gasteiger partial charge in [-0.25, -0.2) is 4.79 Å². The molecule has 0 saturated carbocycles. The predicted octanol–water partition coefficient (Wildman–Crippen LogP) is 1.81. The van der Waals surface area contributed by atoms with Crippen LogP contribution in [0.4, 0.5) is 0 Å². The standard InChI is InChI=1S/C11H11ClO4/c1-16-8-2-3-9(10(12)5-8)7(6-13)4-11(14)15/h2-5,13H,6H2,1H3,(H,14,15)/b7-4+. The molecule has 16 heavy (non-hydrogen) atoms. The number of hydrogen-bond acceptors (Lipinski definition) is 3. The van der Waals surface area contributed by atoms with E-state index in [1.807, 2.05) is 0 Å². The molecule has 1 aromatic rings. The minimum absolute atomic E-state index is 0.250. The van der Waals surface area contributed by atoms with E-state index >= 15 is 0 Å². The molecule has 1 rings (SSSR count). The second kappa shape index (κ2) is 5.53. The minimum Gasteiger partial charge on any atom is -0.497 e. The Labute approximate surface area is 97.7 Å². The Morgan fingerprint density at radius 3 is 2.69 bits per heavy atom. The van der Waals surface area contributed by atoms with Crippen LogP contribution in [0, 0.1) is 0 Å². The van der Waals surface area contributed by atoms with E-state index in [-0.39, 0.29) is 5.57 Å². The highest BCUT2D eigenvalue weighted by atomic mass is 35.5. The number of aliphatic hydroxyl groups excluding tert-OH is 1. The summed E-state index contributed by atoms with van der Waals surface area (Å²) in [5.41, 5.74) is 0.729. The van der Waals surface area contributed by atoms with Crippen molar-refractivity contribution in [3.05, 3.63) is 34.9 Å². The van der Waals surface area contributed by atoms with Crippen molar-refractivity contribution in [3.63, 3.8) is 0 Å². The summed E-state index contributed by atoms with van der Waals surface area (Å²) in [7, 11) is 1.51. The van der Waals surface area contributed by atoms with Crippen LogP contribution in [-0.4, -0.2) is 29.9 Å². The fourth-order valence-corrected chi connectivity index (χ4v) is 1.53. The first-order valence-electron chi connectivity index (χ1n) is 4.46. The Kier molecular flexibility index (Phi) is 4.34. The van der Waals surface area contributed by atoms with Crippen molar-refractivity contribution in [1.82, 2.24) is 0 Å². The van der Waals surface area contributed by atoms with Crippen LogP contribution < -0.4 is 4.74 Å². The van der Waals surface area contributed by atoms with Crippen LogP contribution in [-0.2, 0) is 4.79 Å². The Hall–Kier alpha value is -1.52. The van der Waals surface area contributed by atoms with Gasteiger partial charge in [0.1, 0.15) is 5.75 Å². The molecule has 0 atom stereocenters. The molecule has 0 saturated heterocycles. The number of hydrogen-bond donors (Lipinski definition) is 2. The zero-order chi connectivity index (χ0) is 12.1.